The van der Waals surface area contributed by atoms with Crippen LogP contribution in [0.1, 0.15) is 11.7 Å². The number of methoxy groups -OCH3 is 1. The molecule has 5 nitrogen and oxygen atoms in total. The van der Waals surface area contributed by atoms with E-state index in [0.717, 1.165) is 5.56 Å². The Labute approximate surface area is 94.3 Å². The van der Waals surface area contributed by atoms with Gasteiger partial charge in [-0.2, -0.15) is 8.42 Å². The molecular formula is C10H12O5S. The second-order valence-electron chi connectivity index (χ2n) is 3.39. The molecule has 0 aliphatic carbocycles. The molecule has 2 rings (SSSR count). The highest BCUT2D eigenvalue weighted by Crippen LogP contribution is 2.28. The third-order valence-corrected chi connectivity index (χ3v) is 3.25. The summed E-state index contributed by atoms with van der Waals surface area (Å²) in [5.74, 6) is 0. The first-order chi connectivity index (χ1) is 7.62. The Morgan fingerprint density at radius 1 is 1.38 bits per heavy atom. The van der Waals surface area contributed by atoms with Crippen molar-refractivity contribution >= 4 is 10.4 Å². The Morgan fingerprint density at radius 2 is 2.06 bits per heavy atom. The van der Waals surface area contributed by atoms with Gasteiger partial charge in [-0.1, -0.05) is 30.3 Å². The third-order valence-electron chi connectivity index (χ3n) is 2.34. The molecule has 1 saturated heterocycles. The Hall–Kier alpha value is -0.950. The van der Waals surface area contributed by atoms with Crippen molar-refractivity contribution in [3.05, 3.63) is 35.9 Å². The molecule has 1 unspecified atom stereocenters. The van der Waals surface area contributed by atoms with E-state index in [1.807, 2.05) is 30.3 Å². The van der Waals surface area contributed by atoms with Crippen molar-refractivity contribution in [2.75, 3.05) is 13.7 Å². The topological polar surface area (TPSA) is 61.8 Å². The third kappa shape index (κ3) is 2.41. The molecule has 0 spiro atoms. The van der Waals surface area contributed by atoms with Gasteiger partial charge in [0.2, 0.25) is 0 Å². The maximum atomic E-state index is 11.0. The molecule has 88 valence electrons. The van der Waals surface area contributed by atoms with Crippen molar-refractivity contribution in [1.29, 1.82) is 0 Å². The lowest BCUT2D eigenvalue weighted by Crippen LogP contribution is -2.22. The average Bonchev–Trinajstić information content (AvgIpc) is 2.62. The summed E-state index contributed by atoms with van der Waals surface area (Å²) in [6.07, 6.45) is -1.07. The van der Waals surface area contributed by atoms with Gasteiger partial charge in [0.05, 0.1) is 6.61 Å². The molecule has 1 aliphatic heterocycles. The van der Waals surface area contributed by atoms with Gasteiger partial charge in [0.15, 0.2) is 0 Å². The average molecular weight is 244 g/mol. The minimum Gasteiger partial charge on any atom is -0.374 e. The van der Waals surface area contributed by atoms with E-state index in [4.69, 9.17) is 8.92 Å². The van der Waals surface area contributed by atoms with E-state index < -0.39 is 22.6 Å². The highest BCUT2D eigenvalue weighted by Gasteiger charge is 2.36. The van der Waals surface area contributed by atoms with E-state index in [9.17, 15) is 8.42 Å². The molecular weight excluding hydrogens is 232 g/mol. The predicted molar refractivity (Wildman–Crippen MR) is 55.9 cm³/mol. The van der Waals surface area contributed by atoms with Crippen LogP contribution < -0.4 is 0 Å². The van der Waals surface area contributed by atoms with E-state index in [0.29, 0.717) is 0 Å². The van der Waals surface area contributed by atoms with E-state index in [2.05, 4.69) is 4.18 Å². The first-order valence-electron chi connectivity index (χ1n) is 4.78. The van der Waals surface area contributed by atoms with Crippen molar-refractivity contribution in [1.82, 2.24) is 0 Å². The molecule has 1 aromatic carbocycles. The highest BCUT2D eigenvalue weighted by molar-refractivity contribution is 7.82. The molecule has 0 bridgehead atoms. The Kier molecular flexibility index (Phi) is 3.25. The van der Waals surface area contributed by atoms with Gasteiger partial charge in [0, 0.05) is 7.11 Å². The van der Waals surface area contributed by atoms with Crippen LogP contribution in [0.5, 0.6) is 0 Å². The molecule has 1 heterocycles. The summed E-state index contributed by atoms with van der Waals surface area (Å²) in [5, 5.41) is 0. The van der Waals surface area contributed by atoms with Crippen molar-refractivity contribution in [3.8, 4) is 0 Å². The zero-order valence-electron chi connectivity index (χ0n) is 8.70. The summed E-state index contributed by atoms with van der Waals surface area (Å²) in [6.45, 7) is -0.0181. The molecule has 6 heteroatoms. The quantitative estimate of drug-likeness (QED) is 0.794. The van der Waals surface area contributed by atoms with Crippen LogP contribution in [0.15, 0.2) is 30.3 Å². The van der Waals surface area contributed by atoms with Gasteiger partial charge in [-0.25, -0.2) is 8.37 Å². The van der Waals surface area contributed by atoms with Crippen LogP contribution in [0.3, 0.4) is 0 Å². The van der Waals surface area contributed by atoms with Crippen LogP contribution in [-0.4, -0.2) is 28.2 Å². The molecule has 0 saturated carbocycles. The van der Waals surface area contributed by atoms with Crippen molar-refractivity contribution in [2.45, 2.75) is 12.2 Å². The smallest absolute Gasteiger partial charge is 0.374 e. The SMILES string of the molecule is COC(c1ccccc1)[C@H]1COS(=O)(=O)O1. The fourth-order valence-electron chi connectivity index (χ4n) is 1.64. The molecule has 0 N–H and O–H groups in total. The Bertz CT molecular complexity index is 442. The van der Waals surface area contributed by atoms with E-state index in [1.165, 1.54) is 7.11 Å². The fourth-order valence-corrected chi connectivity index (χ4v) is 2.46. The zero-order chi connectivity index (χ0) is 11.6. The number of ether oxygens (including phenoxy) is 1. The standard InChI is InChI=1S/C10H12O5S/c1-13-10(8-5-3-2-4-6-8)9-7-14-16(11,12)15-9/h2-6,9-10H,7H2,1H3/t9-,10?/m1/s1. The van der Waals surface area contributed by atoms with E-state index >= 15 is 0 Å². The summed E-state index contributed by atoms with van der Waals surface area (Å²) in [4.78, 5) is 0. The van der Waals surface area contributed by atoms with Crippen LogP contribution in [-0.2, 0) is 23.5 Å². The maximum absolute atomic E-state index is 11.0. The first kappa shape index (κ1) is 11.5. The summed E-state index contributed by atoms with van der Waals surface area (Å²) < 4.78 is 36.5. The van der Waals surface area contributed by atoms with Gasteiger partial charge in [0.25, 0.3) is 0 Å². The van der Waals surface area contributed by atoms with Gasteiger partial charge >= 0.3 is 10.4 Å². The molecule has 2 atom stereocenters. The lowest BCUT2D eigenvalue weighted by Gasteiger charge is -2.19. The van der Waals surface area contributed by atoms with E-state index in [1.54, 1.807) is 0 Å². The normalized spacial score (nSPS) is 25.4. The maximum Gasteiger partial charge on any atom is 0.400 e. The molecule has 0 aromatic heterocycles. The number of hydrogen-bond donors (Lipinski definition) is 0. The van der Waals surface area contributed by atoms with E-state index in [-0.39, 0.29) is 6.61 Å². The Balaban J connectivity index is 2.19. The number of hydrogen-bond acceptors (Lipinski definition) is 5. The van der Waals surface area contributed by atoms with Gasteiger partial charge in [-0.3, -0.25) is 0 Å². The van der Waals surface area contributed by atoms with Crippen LogP contribution in [0.2, 0.25) is 0 Å². The van der Waals surface area contributed by atoms with Crippen LogP contribution in [0.4, 0.5) is 0 Å². The molecule has 16 heavy (non-hydrogen) atoms. The minimum absolute atomic E-state index is 0.0181. The monoisotopic (exact) mass is 244 g/mol. The van der Waals surface area contributed by atoms with Crippen molar-refractivity contribution in [3.63, 3.8) is 0 Å². The number of benzene rings is 1. The fraction of sp³-hybridized carbons (Fsp3) is 0.400. The van der Waals surface area contributed by atoms with Crippen molar-refractivity contribution < 1.29 is 21.5 Å². The predicted octanol–water partition coefficient (Wildman–Crippen LogP) is 1.03. The van der Waals surface area contributed by atoms with Gasteiger partial charge in [-0.05, 0) is 5.56 Å². The van der Waals surface area contributed by atoms with Crippen LogP contribution >= 0.6 is 0 Å². The van der Waals surface area contributed by atoms with Crippen molar-refractivity contribution in [2.24, 2.45) is 0 Å². The minimum atomic E-state index is -3.84. The zero-order valence-corrected chi connectivity index (χ0v) is 9.51. The molecule has 1 aromatic rings. The summed E-state index contributed by atoms with van der Waals surface area (Å²) in [7, 11) is -2.33. The Morgan fingerprint density at radius 3 is 2.56 bits per heavy atom. The molecule has 1 fully saturated rings. The summed E-state index contributed by atoms with van der Waals surface area (Å²) in [6, 6.07) is 9.28. The second kappa shape index (κ2) is 4.50. The van der Waals surface area contributed by atoms with Gasteiger partial charge < -0.3 is 4.74 Å². The first-order valence-corrected chi connectivity index (χ1v) is 6.11. The molecule has 0 amide bonds. The van der Waals surface area contributed by atoms with Crippen LogP contribution in [0, 0.1) is 0 Å². The molecule has 0 radical (unpaired) electrons. The summed E-state index contributed by atoms with van der Waals surface area (Å²) in [5.41, 5.74) is 0.857. The van der Waals surface area contributed by atoms with Crippen LogP contribution in [0.25, 0.3) is 0 Å². The molecule has 1 aliphatic rings. The summed E-state index contributed by atoms with van der Waals surface area (Å²) >= 11 is 0. The second-order valence-corrected chi connectivity index (χ2v) is 4.64. The van der Waals surface area contributed by atoms with Gasteiger partial charge in [-0.15, -0.1) is 0 Å². The lowest BCUT2D eigenvalue weighted by molar-refractivity contribution is 0.0108. The van der Waals surface area contributed by atoms with Gasteiger partial charge in [0.1, 0.15) is 12.2 Å². The largest absolute Gasteiger partial charge is 0.400 e. The number of rotatable bonds is 3. The lowest BCUT2D eigenvalue weighted by atomic mass is 10.1. The highest BCUT2D eigenvalue weighted by atomic mass is 32.3.